The van der Waals surface area contributed by atoms with E-state index in [9.17, 15) is 9.59 Å². The number of carboxylic acid groups (broad SMARTS) is 1. The Labute approximate surface area is 90.7 Å². The molecule has 1 aromatic heterocycles. The monoisotopic (exact) mass is 222 g/mol. The lowest BCUT2D eigenvalue weighted by Gasteiger charge is -2.12. The third-order valence-electron chi connectivity index (χ3n) is 2.45. The lowest BCUT2D eigenvalue weighted by molar-refractivity contribution is -0.140. The number of anilines is 1. The van der Waals surface area contributed by atoms with Crippen LogP contribution in [0.4, 0.5) is 5.82 Å². The molecule has 0 radical (unpaired) electrons. The molecule has 1 aliphatic carbocycles. The third-order valence-corrected chi connectivity index (χ3v) is 2.45. The van der Waals surface area contributed by atoms with Gasteiger partial charge < -0.3 is 16.2 Å². The number of nitrogens with two attached hydrogens (primary N) is 1. The smallest absolute Gasteiger partial charge is 0.329 e. The van der Waals surface area contributed by atoms with Crippen LogP contribution in [0.5, 0.6) is 0 Å². The molecule has 1 aromatic rings. The Balaban J connectivity index is 2.16. The van der Waals surface area contributed by atoms with E-state index in [0.717, 1.165) is 0 Å². The van der Waals surface area contributed by atoms with Crippen LogP contribution in [0.3, 0.4) is 0 Å². The largest absolute Gasteiger partial charge is 0.480 e. The minimum Gasteiger partial charge on any atom is -0.480 e. The highest BCUT2D eigenvalue weighted by Gasteiger charge is 2.52. The molecule has 0 atom stereocenters. The van der Waals surface area contributed by atoms with Gasteiger partial charge in [-0.25, -0.2) is 14.8 Å². The maximum absolute atomic E-state index is 11.7. The maximum Gasteiger partial charge on any atom is 0.329 e. The van der Waals surface area contributed by atoms with Gasteiger partial charge in [-0.1, -0.05) is 0 Å². The maximum atomic E-state index is 11.7. The molecular weight excluding hydrogens is 212 g/mol. The fourth-order valence-electron chi connectivity index (χ4n) is 1.32. The predicted molar refractivity (Wildman–Crippen MR) is 53.5 cm³/mol. The SMILES string of the molecule is Nc1nccnc1C(=O)NC1(C(=O)O)CC1. The van der Waals surface area contributed by atoms with Gasteiger partial charge in [0.05, 0.1) is 0 Å². The number of aliphatic carboxylic acids is 1. The van der Waals surface area contributed by atoms with Gasteiger partial charge in [0.15, 0.2) is 11.5 Å². The second-order valence-electron chi connectivity index (χ2n) is 3.63. The first-order valence-electron chi connectivity index (χ1n) is 4.67. The standard InChI is InChI=1S/C9H10N4O3/c10-6-5(11-3-4-12-6)7(14)13-9(1-2-9)8(15)16/h3-4H,1-2H2,(H2,10,12)(H,13,14)(H,15,16). The molecule has 1 aliphatic rings. The van der Waals surface area contributed by atoms with Crippen LogP contribution >= 0.6 is 0 Å². The molecule has 84 valence electrons. The minimum absolute atomic E-state index is 0.0128. The summed E-state index contributed by atoms with van der Waals surface area (Å²) >= 11 is 0. The van der Waals surface area contributed by atoms with Gasteiger partial charge in [-0.05, 0) is 12.8 Å². The van der Waals surface area contributed by atoms with Crippen molar-refractivity contribution in [1.82, 2.24) is 15.3 Å². The topological polar surface area (TPSA) is 118 Å². The molecule has 1 saturated carbocycles. The van der Waals surface area contributed by atoms with Crippen LogP contribution in [0.2, 0.25) is 0 Å². The Morgan fingerprint density at radius 2 is 2.00 bits per heavy atom. The molecule has 0 aromatic carbocycles. The lowest BCUT2D eigenvalue weighted by atomic mass is 10.2. The van der Waals surface area contributed by atoms with Crippen molar-refractivity contribution in [2.24, 2.45) is 0 Å². The van der Waals surface area contributed by atoms with E-state index in [0.29, 0.717) is 12.8 Å². The Morgan fingerprint density at radius 1 is 1.38 bits per heavy atom. The zero-order valence-electron chi connectivity index (χ0n) is 8.30. The van der Waals surface area contributed by atoms with E-state index in [-0.39, 0.29) is 11.5 Å². The molecule has 0 aliphatic heterocycles. The number of carboxylic acids is 1. The van der Waals surface area contributed by atoms with E-state index >= 15 is 0 Å². The fraction of sp³-hybridized carbons (Fsp3) is 0.333. The molecule has 0 unspecified atom stereocenters. The van der Waals surface area contributed by atoms with Crippen molar-refractivity contribution in [3.8, 4) is 0 Å². The zero-order valence-corrected chi connectivity index (χ0v) is 8.30. The number of nitrogens with zero attached hydrogens (tertiary/aromatic N) is 2. The Hall–Kier alpha value is -2.18. The molecular formula is C9H10N4O3. The van der Waals surface area contributed by atoms with E-state index < -0.39 is 17.4 Å². The number of amides is 1. The number of aromatic nitrogens is 2. The molecule has 0 spiro atoms. The summed E-state index contributed by atoms with van der Waals surface area (Å²) in [6.07, 6.45) is 3.53. The second-order valence-corrected chi connectivity index (χ2v) is 3.63. The molecule has 1 fully saturated rings. The van der Waals surface area contributed by atoms with E-state index in [1.165, 1.54) is 12.4 Å². The molecule has 4 N–H and O–H groups in total. The van der Waals surface area contributed by atoms with Crippen LogP contribution in [-0.2, 0) is 4.79 Å². The van der Waals surface area contributed by atoms with E-state index in [2.05, 4.69) is 15.3 Å². The van der Waals surface area contributed by atoms with E-state index in [1.807, 2.05) is 0 Å². The summed E-state index contributed by atoms with van der Waals surface area (Å²) in [5.41, 5.74) is 4.27. The van der Waals surface area contributed by atoms with Crippen molar-refractivity contribution in [2.45, 2.75) is 18.4 Å². The van der Waals surface area contributed by atoms with Gasteiger partial charge >= 0.3 is 5.97 Å². The molecule has 16 heavy (non-hydrogen) atoms. The van der Waals surface area contributed by atoms with E-state index in [1.54, 1.807) is 0 Å². The first-order chi connectivity index (χ1) is 7.55. The average Bonchev–Trinajstić information content (AvgIpc) is 2.99. The van der Waals surface area contributed by atoms with Crippen molar-refractivity contribution in [3.63, 3.8) is 0 Å². The summed E-state index contributed by atoms with van der Waals surface area (Å²) in [6.45, 7) is 0. The van der Waals surface area contributed by atoms with Gasteiger partial charge in [0.1, 0.15) is 5.54 Å². The van der Waals surface area contributed by atoms with Crippen molar-refractivity contribution < 1.29 is 14.7 Å². The van der Waals surface area contributed by atoms with Crippen molar-refractivity contribution in [3.05, 3.63) is 18.1 Å². The van der Waals surface area contributed by atoms with Crippen LogP contribution in [0.1, 0.15) is 23.3 Å². The number of hydrogen-bond acceptors (Lipinski definition) is 5. The minimum atomic E-state index is -1.14. The summed E-state index contributed by atoms with van der Waals surface area (Å²) in [7, 11) is 0. The normalized spacial score (nSPS) is 16.5. The highest BCUT2D eigenvalue weighted by molar-refractivity contribution is 6.00. The van der Waals surface area contributed by atoms with E-state index in [4.69, 9.17) is 10.8 Å². The highest BCUT2D eigenvalue weighted by atomic mass is 16.4. The highest BCUT2D eigenvalue weighted by Crippen LogP contribution is 2.35. The fourth-order valence-corrected chi connectivity index (χ4v) is 1.32. The molecule has 1 heterocycles. The number of hydrogen-bond donors (Lipinski definition) is 3. The third kappa shape index (κ3) is 1.67. The Kier molecular flexibility index (Phi) is 2.22. The van der Waals surface area contributed by atoms with Crippen LogP contribution in [0.15, 0.2) is 12.4 Å². The van der Waals surface area contributed by atoms with Crippen LogP contribution < -0.4 is 11.1 Å². The summed E-state index contributed by atoms with van der Waals surface area (Å²) < 4.78 is 0. The van der Waals surface area contributed by atoms with Crippen molar-refractivity contribution in [2.75, 3.05) is 5.73 Å². The number of rotatable bonds is 3. The molecule has 7 heteroatoms. The van der Waals surface area contributed by atoms with Gasteiger partial charge in [-0.15, -0.1) is 0 Å². The van der Waals surface area contributed by atoms with Crippen LogP contribution in [-0.4, -0.2) is 32.5 Å². The number of carbonyl (C=O) groups is 2. The first-order valence-corrected chi connectivity index (χ1v) is 4.67. The summed E-state index contributed by atoms with van der Waals surface area (Å²) in [5.74, 6) is -1.66. The van der Waals surface area contributed by atoms with Gasteiger partial charge in [0, 0.05) is 12.4 Å². The summed E-state index contributed by atoms with van der Waals surface area (Å²) in [5, 5.41) is 11.3. The van der Waals surface area contributed by atoms with Crippen molar-refractivity contribution >= 4 is 17.7 Å². The van der Waals surface area contributed by atoms with Gasteiger partial charge in [-0.3, -0.25) is 4.79 Å². The lowest BCUT2D eigenvalue weighted by Crippen LogP contribution is -2.43. The quantitative estimate of drug-likeness (QED) is 0.628. The van der Waals surface area contributed by atoms with Crippen LogP contribution in [0, 0.1) is 0 Å². The average molecular weight is 222 g/mol. The van der Waals surface area contributed by atoms with Gasteiger partial charge in [-0.2, -0.15) is 0 Å². The van der Waals surface area contributed by atoms with Crippen LogP contribution in [0.25, 0.3) is 0 Å². The molecule has 0 bridgehead atoms. The summed E-state index contributed by atoms with van der Waals surface area (Å²) in [6, 6.07) is 0. The van der Waals surface area contributed by atoms with Gasteiger partial charge in [0.2, 0.25) is 0 Å². The molecule has 1 amide bonds. The molecule has 7 nitrogen and oxygen atoms in total. The molecule has 0 saturated heterocycles. The number of nitrogen functional groups attached to an aromatic ring is 1. The van der Waals surface area contributed by atoms with Crippen molar-refractivity contribution in [1.29, 1.82) is 0 Å². The first kappa shape index (κ1) is 10.3. The second kappa shape index (κ2) is 3.44. The number of nitrogens with one attached hydrogen (secondary N) is 1. The predicted octanol–water partition coefficient (Wildman–Crippen LogP) is -0.594. The Bertz CT molecular complexity index is 456. The zero-order chi connectivity index (χ0) is 11.8. The number of carbonyl (C=O) groups excluding carboxylic acids is 1. The molecule has 2 rings (SSSR count). The van der Waals surface area contributed by atoms with Gasteiger partial charge in [0.25, 0.3) is 5.91 Å². The summed E-state index contributed by atoms with van der Waals surface area (Å²) in [4.78, 5) is 30.0. The Morgan fingerprint density at radius 3 is 2.50 bits per heavy atom.